The number of benzene rings is 2. The fraction of sp³-hybridized carbons (Fsp3) is 0.179. The molecule has 0 fully saturated rings. The van der Waals surface area contributed by atoms with E-state index in [9.17, 15) is 14.0 Å². The van der Waals surface area contributed by atoms with Crippen LogP contribution in [0.25, 0.3) is 0 Å². The molecule has 1 aliphatic heterocycles. The number of carbonyl (C=O) groups is 2. The molecule has 1 aliphatic carbocycles. The first kappa shape index (κ1) is 21.8. The Balaban J connectivity index is 1.54. The van der Waals surface area contributed by atoms with Crippen molar-refractivity contribution in [1.82, 2.24) is 10.3 Å². The maximum absolute atomic E-state index is 13.6. The van der Waals surface area contributed by atoms with Crippen LogP contribution >= 0.6 is 0 Å². The van der Waals surface area contributed by atoms with Gasteiger partial charge in [0.05, 0.1) is 0 Å². The molecule has 2 aromatic carbocycles. The van der Waals surface area contributed by atoms with E-state index in [1.807, 2.05) is 37.3 Å². The van der Waals surface area contributed by atoms with Gasteiger partial charge in [-0.25, -0.2) is 4.39 Å². The molecule has 2 heterocycles. The van der Waals surface area contributed by atoms with Crippen LogP contribution in [0.4, 0.5) is 10.1 Å². The maximum Gasteiger partial charge on any atom is 0.254 e. The molecule has 0 radical (unpaired) electrons. The smallest absolute Gasteiger partial charge is 0.254 e. The summed E-state index contributed by atoms with van der Waals surface area (Å²) in [5, 5.41) is 6.23. The third kappa shape index (κ3) is 4.15. The topological polar surface area (TPSA) is 71.1 Å². The maximum atomic E-state index is 13.6. The molecule has 2 aliphatic rings. The van der Waals surface area contributed by atoms with Crippen molar-refractivity contribution in [3.63, 3.8) is 0 Å². The quantitative estimate of drug-likeness (QED) is 0.568. The molecule has 1 aromatic heterocycles. The number of nitrogens with one attached hydrogen (secondary N) is 2. The minimum absolute atomic E-state index is 0.0241. The predicted octanol–water partition coefficient (Wildman–Crippen LogP) is 5.22. The van der Waals surface area contributed by atoms with E-state index in [2.05, 4.69) is 27.8 Å². The molecule has 170 valence electrons. The van der Waals surface area contributed by atoms with Gasteiger partial charge in [0.15, 0.2) is 5.78 Å². The summed E-state index contributed by atoms with van der Waals surface area (Å²) in [7, 11) is 0. The van der Waals surface area contributed by atoms with E-state index in [1.165, 1.54) is 24.3 Å². The summed E-state index contributed by atoms with van der Waals surface area (Å²) in [6, 6.07) is 19.4. The van der Waals surface area contributed by atoms with Crippen molar-refractivity contribution in [2.45, 2.75) is 31.6 Å². The highest BCUT2D eigenvalue weighted by molar-refractivity contribution is 6.10. The van der Waals surface area contributed by atoms with E-state index in [-0.39, 0.29) is 23.4 Å². The molecule has 2 atom stereocenters. The molecule has 5 nitrogen and oxygen atoms in total. The summed E-state index contributed by atoms with van der Waals surface area (Å²) in [4.78, 5) is 31.3. The van der Waals surface area contributed by atoms with Gasteiger partial charge in [-0.05, 0) is 60.7 Å². The Bertz CT molecular complexity index is 1300. The molecule has 1 amide bonds. The molecule has 0 saturated carbocycles. The first-order valence-corrected chi connectivity index (χ1v) is 11.3. The number of allylic oxidation sites excluding steroid dienone is 3. The van der Waals surface area contributed by atoms with Crippen LogP contribution in [0, 0.1) is 5.82 Å². The molecular formula is C28H24FN3O2. The van der Waals surface area contributed by atoms with Crippen LogP contribution < -0.4 is 10.6 Å². The summed E-state index contributed by atoms with van der Waals surface area (Å²) >= 11 is 0. The number of Topliss-reactive ketones (excluding diaryl/α,β-unsaturated/α-hetero) is 1. The molecule has 34 heavy (non-hydrogen) atoms. The highest BCUT2D eigenvalue weighted by Crippen LogP contribution is 2.45. The summed E-state index contributed by atoms with van der Waals surface area (Å²) in [6.07, 6.45) is 4.44. The lowest BCUT2D eigenvalue weighted by molar-refractivity contribution is -0.116. The largest absolute Gasteiger partial charge is 0.362 e. The summed E-state index contributed by atoms with van der Waals surface area (Å²) in [5.41, 5.74) is 5.02. The van der Waals surface area contributed by atoms with E-state index in [0.717, 1.165) is 16.8 Å². The van der Waals surface area contributed by atoms with Gasteiger partial charge in [-0.2, -0.15) is 0 Å². The van der Waals surface area contributed by atoms with E-state index in [4.69, 9.17) is 0 Å². The van der Waals surface area contributed by atoms with Gasteiger partial charge in [0.1, 0.15) is 5.82 Å². The van der Waals surface area contributed by atoms with Gasteiger partial charge in [0, 0.05) is 53.0 Å². The average molecular weight is 454 g/mol. The molecule has 5 rings (SSSR count). The number of pyridine rings is 1. The first-order chi connectivity index (χ1) is 16.5. The number of hydrogen-bond donors (Lipinski definition) is 2. The van der Waals surface area contributed by atoms with Crippen LogP contribution in [0.15, 0.2) is 102 Å². The van der Waals surface area contributed by atoms with Gasteiger partial charge >= 0.3 is 0 Å². The summed E-state index contributed by atoms with van der Waals surface area (Å²) < 4.78 is 13.3. The lowest BCUT2D eigenvalue weighted by atomic mass is 9.72. The van der Waals surface area contributed by atoms with Gasteiger partial charge in [-0.3, -0.25) is 14.6 Å². The van der Waals surface area contributed by atoms with E-state index in [0.29, 0.717) is 35.4 Å². The van der Waals surface area contributed by atoms with Gasteiger partial charge in [0.2, 0.25) is 0 Å². The Kier molecular flexibility index (Phi) is 5.80. The van der Waals surface area contributed by atoms with Crippen molar-refractivity contribution in [1.29, 1.82) is 0 Å². The van der Waals surface area contributed by atoms with Gasteiger partial charge < -0.3 is 10.6 Å². The minimum Gasteiger partial charge on any atom is -0.362 e. The second-order valence-electron chi connectivity index (χ2n) is 8.68. The average Bonchev–Trinajstić information content (AvgIpc) is 2.85. The zero-order valence-electron chi connectivity index (χ0n) is 18.7. The predicted molar refractivity (Wildman–Crippen MR) is 128 cm³/mol. The minimum atomic E-state index is -0.533. The number of aromatic nitrogens is 1. The lowest BCUT2D eigenvalue weighted by Gasteiger charge is -2.37. The monoisotopic (exact) mass is 453 g/mol. The van der Waals surface area contributed by atoms with Crippen LogP contribution in [-0.4, -0.2) is 16.7 Å². The van der Waals surface area contributed by atoms with Crippen LogP contribution in [0.1, 0.15) is 42.7 Å². The lowest BCUT2D eigenvalue weighted by Crippen LogP contribution is -2.37. The van der Waals surface area contributed by atoms with E-state index >= 15 is 0 Å². The molecule has 0 bridgehead atoms. The van der Waals surface area contributed by atoms with Crippen LogP contribution in [0.2, 0.25) is 0 Å². The van der Waals surface area contributed by atoms with Crippen LogP contribution in [0.5, 0.6) is 0 Å². The second-order valence-corrected chi connectivity index (χ2v) is 8.68. The number of carbonyl (C=O) groups excluding carboxylic acids is 2. The summed E-state index contributed by atoms with van der Waals surface area (Å²) in [6.45, 7) is 1.85. The standard InChI is InChI=1S/C28H24FN3O2/c1-17-25(28(34)32-22-11-9-21(29)10-12-22)26(19-8-5-13-30-16-19)27-23(31-17)14-20(15-24(27)33)18-6-3-2-4-7-18/h2-13,16,20,26,31H,14-15H2,1H3,(H,32,34)/t20-,26+/m0/s1. The number of dihydropyridines is 1. The number of anilines is 1. The normalized spacial score (nSPS) is 20.0. The number of nitrogens with zero attached hydrogens (tertiary/aromatic N) is 1. The van der Waals surface area contributed by atoms with Gasteiger partial charge in [-0.1, -0.05) is 36.4 Å². The van der Waals surface area contributed by atoms with Crippen molar-refractivity contribution in [3.8, 4) is 0 Å². The molecule has 0 unspecified atom stereocenters. The SMILES string of the molecule is CC1=C(C(=O)Nc2ccc(F)cc2)[C@@H](c2cccnc2)C2=C(C[C@H](c3ccccc3)CC2=O)N1. The highest BCUT2D eigenvalue weighted by Gasteiger charge is 2.41. The number of halogens is 1. The van der Waals surface area contributed by atoms with Crippen molar-refractivity contribution >= 4 is 17.4 Å². The zero-order valence-corrected chi connectivity index (χ0v) is 18.7. The Labute approximate surface area is 197 Å². The van der Waals surface area contributed by atoms with Crippen molar-refractivity contribution in [3.05, 3.63) is 119 Å². The Morgan fingerprint density at radius 1 is 1.00 bits per heavy atom. The first-order valence-electron chi connectivity index (χ1n) is 11.3. The zero-order chi connectivity index (χ0) is 23.7. The molecular weight excluding hydrogens is 429 g/mol. The van der Waals surface area contributed by atoms with Crippen molar-refractivity contribution in [2.75, 3.05) is 5.32 Å². The molecule has 0 saturated heterocycles. The number of hydrogen-bond acceptors (Lipinski definition) is 4. The van der Waals surface area contributed by atoms with E-state index in [1.54, 1.807) is 12.4 Å². The Morgan fingerprint density at radius 3 is 2.44 bits per heavy atom. The van der Waals surface area contributed by atoms with Gasteiger partial charge in [0.25, 0.3) is 5.91 Å². The number of rotatable bonds is 4. The third-order valence-corrected chi connectivity index (χ3v) is 6.46. The Morgan fingerprint density at radius 2 is 1.74 bits per heavy atom. The van der Waals surface area contributed by atoms with Crippen molar-refractivity contribution < 1.29 is 14.0 Å². The summed E-state index contributed by atoms with van der Waals surface area (Å²) in [5.74, 6) is -1.14. The molecule has 3 aromatic rings. The fourth-order valence-corrected chi connectivity index (χ4v) is 4.91. The third-order valence-electron chi connectivity index (χ3n) is 6.46. The van der Waals surface area contributed by atoms with E-state index < -0.39 is 5.92 Å². The molecule has 0 spiro atoms. The second kappa shape index (κ2) is 9.06. The van der Waals surface area contributed by atoms with Crippen LogP contribution in [0.3, 0.4) is 0 Å². The van der Waals surface area contributed by atoms with Crippen molar-refractivity contribution in [2.24, 2.45) is 0 Å². The molecule has 6 heteroatoms. The van der Waals surface area contributed by atoms with Crippen LogP contribution in [-0.2, 0) is 9.59 Å². The number of ketones is 1. The Hall–Kier alpha value is -4.06. The fourth-order valence-electron chi connectivity index (χ4n) is 4.91. The number of amides is 1. The highest BCUT2D eigenvalue weighted by atomic mass is 19.1. The molecule has 2 N–H and O–H groups in total. The van der Waals surface area contributed by atoms with Gasteiger partial charge in [-0.15, -0.1) is 0 Å².